The van der Waals surface area contributed by atoms with Crippen LogP contribution in [0.5, 0.6) is 11.5 Å². The van der Waals surface area contributed by atoms with Gasteiger partial charge in [-0.3, -0.25) is 4.79 Å². The summed E-state index contributed by atoms with van der Waals surface area (Å²) in [5.74, 6) is 0.293. The molecule has 5 rings (SSSR count). The smallest absolute Gasteiger partial charge is 0.196 e. The monoisotopic (exact) mass is 301 g/mol. The molecule has 1 spiro atoms. The normalized spacial score (nSPS) is 39.8. The molecule has 1 fully saturated rings. The van der Waals surface area contributed by atoms with E-state index in [1.54, 1.807) is 12.1 Å². The molecule has 5 nitrogen and oxygen atoms in total. The molecule has 2 heterocycles. The van der Waals surface area contributed by atoms with E-state index in [2.05, 4.69) is 5.32 Å². The number of phenolic OH excluding ortho intramolecular Hbond substituents is 1. The second-order valence-electron chi connectivity index (χ2n) is 6.44. The fourth-order valence-corrected chi connectivity index (χ4v) is 4.83. The number of carbonyl (C=O) groups is 1. The van der Waals surface area contributed by atoms with Crippen LogP contribution in [0.25, 0.3) is 0 Å². The molecular weight excluding hydrogens is 282 g/mol. The van der Waals surface area contributed by atoms with Crippen molar-refractivity contribution in [2.45, 2.75) is 43.4 Å². The van der Waals surface area contributed by atoms with Gasteiger partial charge >= 0.3 is 0 Å². The number of benzene rings is 1. The average Bonchev–Trinajstić information content (AvgIpc) is 2.80. The molecule has 4 aliphatic rings. The van der Waals surface area contributed by atoms with Gasteiger partial charge in [-0.15, -0.1) is 0 Å². The molecule has 1 aromatic carbocycles. The van der Waals surface area contributed by atoms with E-state index in [0.717, 1.165) is 17.7 Å². The maximum absolute atomic E-state index is 12.3. The first-order valence-corrected chi connectivity index (χ1v) is 7.29. The maximum Gasteiger partial charge on any atom is 0.196 e. The van der Waals surface area contributed by atoms with Crippen LogP contribution in [0.2, 0.25) is 0 Å². The van der Waals surface area contributed by atoms with Gasteiger partial charge in [0.15, 0.2) is 23.4 Å². The predicted molar refractivity (Wildman–Crippen MR) is 80.1 cm³/mol. The van der Waals surface area contributed by atoms with Crippen LogP contribution in [-0.4, -0.2) is 40.3 Å². The molecule has 22 heavy (non-hydrogen) atoms. The largest absolute Gasteiger partial charge is 0.504 e. The molecule has 0 amide bonds. The summed E-state index contributed by atoms with van der Waals surface area (Å²) >= 11 is 0. The van der Waals surface area contributed by atoms with Crippen molar-refractivity contribution in [2.24, 2.45) is 0 Å². The van der Waals surface area contributed by atoms with Crippen LogP contribution in [0.15, 0.2) is 24.3 Å². The van der Waals surface area contributed by atoms with Crippen LogP contribution in [0.1, 0.15) is 25.0 Å². The summed E-state index contributed by atoms with van der Waals surface area (Å²) in [6, 6.07) is 3.36. The third kappa shape index (κ3) is 1.18. The van der Waals surface area contributed by atoms with Gasteiger partial charge in [-0.25, -0.2) is 0 Å². The fraction of sp³-hybridized carbons (Fsp3) is 0.471. The molecule has 0 aromatic heterocycles. The van der Waals surface area contributed by atoms with Crippen molar-refractivity contribution in [1.82, 2.24) is 5.32 Å². The van der Waals surface area contributed by atoms with Gasteiger partial charge in [0.05, 0.1) is 5.41 Å². The number of nitrogens with one attached hydrogen (secondary N) is 1. The molecule has 5 heteroatoms. The number of aromatic hydroxyl groups is 1. The Morgan fingerprint density at radius 2 is 2.18 bits per heavy atom. The fourth-order valence-electron chi connectivity index (χ4n) is 4.83. The van der Waals surface area contributed by atoms with Gasteiger partial charge in [-0.1, -0.05) is 13.5 Å². The number of phenols is 1. The quantitative estimate of drug-likeness (QED) is 0.661. The number of ether oxygens (including phenoxy) is 1. The lowest BCUT2D eigenvalue weighted by Crippen LogP contribution is -2.74. The number of hydrogen-bond donors (Lipinski definition) is 3. The van der Waals surface area contributed by atoms with Gasteiger partial charge in [0.25, 0.3) is 0 Å². The molecule has 116 valence electrons. The van der Waals surface area contributed by atoms with Crippen LogP contribution in [0, 0.1) is 0 Å². The molecule has 4 atom stereocenters. The lowest BCUT2D eigenvalue weighted by Gasteiger charge is -2.57. The van der Waals surface area contributed by atoms with Crippen LogP contribution >= 0.6 is 0 Å². The van der Waals surface area contributed by atoms with Gasteiger partial charge in [-0.05, 0) is 43.2 Å². The molecule has 3 N–H and O–H groups in total. The van der Waals surface area contributed by atoms with Crippen molar-refractivity contribution in [3.63, 3.8) is 0 Å². The van der Waals surface area contributed by atoms with Crippen LogP contribution in [0.3, 0.4) is 0 Å². The van der Waals surface area contributed by atoms with E-state index in [1.165, 1.54) is 6.08 Å². The molecule has 1 aromatic rings. The highest BCUT2D eigenvalue weighted by Gasteiger charge is 2.70. The van der Waals surface area contributed by atoms with Crippen molar-refractivity contribution in [3.8, 4) is 11.5 Å². The third-order valence-corrected chi connectivity index (χ3v) is 5.69. The molecule has 1 saturated heterocycles. The molecule has 0 unspecified atom stereocenters. The third-order valence-electron chi connectivity index (χ3n) is 5.69. The van der Waals surface area contributed by atoms with Crippen LogP contribution in [0.4, 0.5) is 0 Å². The van der Waals surface area contributed by atoms with Gasteiger partial charge in [0, 0.05) is 11.6 Å². The number of carbonyl (C=O) groups excluding carboxylic acids is 1. The lowest BCUT2D eigenvalue weighted by molar-refractivity contribution is -0.139. The summed E-state index contributed by atoms with van der Waals surface area (Å²) in [5.41, 5.74) is -0.0209. The zero-order valence-corrected chi connectivity index (χ0v) is 11.3. The summed E-state index contributed by atoms with van der Waals surface area (Å²) in [6.45, 7) is 0.725. The predicted octanol–water partition coefficient (Wildman–Crippen LogP) is 0.815. The van der Waals surface area contributed by atoms with E-state index < -0.39 is 17.1 Å². The van der Waals surface area contributed by atoms with E-state index in [1.807, 2.05) is 6.07 Å². The standard InChI is InChI=1S/C16H15NO4.CH4/c18-9-2-1-8-7-11-16(20)4-3-10(19)14-15(16,5-6-17-11)12(8)13(9)21-14;/h1-4,11,14,17-18,20H,5-7H2;1H4/t11-,14+,15+,16-;/m1./s1. The Balaban J connectivity index is 0.00000125. The van der Waals surface area contributed by atoms with E-state index in [9.17, 15) is 15.0 Å². The van der Waals surface area contributed by atoms with Crippen molar-refractivity contribution in [2.75, 3.05) is 6.54 Å². The summed E-state index contributed by atoms with van der Waals surface area (Å²) in [4.78, 5) is 12.3. The Morgan fingerprint density at radius 3 is 3.00 bits per heavy atom. The van der Waals surface area contributed by atoms with Crippen molar-refractivity contribution < 1.29 is 19.7 Å². The summed E-state index contributed by atoms with van der Waals surface area (Å²) in [6.07, 6.45) is 3.60. The lowest BCUT2D eigenvalue weighted by atomic mass is 9.51. The molecule has 0 radical (unpaired) electrons. The van der Waals surface area contributed by atoms with Crippen LogP contribution in [-0.2, 0) is 16.6 Å². The number of ketones is 1. The van der Waals surface area contributed by atoms with E-state index in [4.69, 9.17) is 4.74 Å². The van der Waals surface area contributed by atoms with Gasteiger partial charge in [0.1, 0.15) is 5.60 Å². The number of hydrogen-bond acceptors (Lipinski definition) is 5. The van der Waals surface area contributed by atoms with Gasteiger partial charge in [0.2, 0.25) is 0 Å². The molecule has 0 saturated carbocycles. The van der Waals surface area contributed by atoms with E-state index in [0.29, 0.717) is 18.6 Å². The Morgan fingerprint density at radius 1 is 1.36 bits per heavy atom. The molecule has 2 bridgehead atoms. The molecule has 2 aliphatic carbocycles. The second-order valence-corrected chi connectivity index (χ2v) is 6.44. The summed E-state index contributed by atoms with van der Waals surface area (Å²) in [5, 5.41) is 24.8. The highest BCUT2D eigenvalue weighted by Crippen LogP contribution is 2.62. The van der Waals surface area contributed by atoms with Crippen molar-refractivity contribution in [1.29, 1.82) is 0 Å². The number of aliphatic hydroxyl groups is 1. The number of piperidine rings is 1. The Bertz CT molecular complexity index is 728. The topological polar surface area (TPSA) is 78.8 Å². The number of rotatable bonds is 0. The Labute approximate surface area is 128 Å². The zero-order chi connectivity index (χ0) is 14.4. The first-order chi connectivity index (χ1) is 10.1. The van der Waals surface area contributed by atoms with E-state index in [-0.39, 0.29) is 25.0 Å². The van der Waals surface area contributed by atoms with Crippen LogP contribution < -0.4 is 10.1 Å². The summed E-state index contributed by atoms with van der Waals surface area (Å²) < 4.78 is 5.85. The average molecular weight is 301 g/mol. The minimum absolute atomic E-state index is 0. The first kappa shape index (κ1) is 13.8. The molecular formula is C17H19NO4. The maximum atomic E-state index is 12.3. The minimum Gasteiger partial charge on any atom is -0.504 e. The highest BCUT2D eigenvalue weighted by molar-refractivity contribution is 5.99. The van der Waals surface area contributed by atoms with Gasteiger partial charge < -0.3 is 20.3 Å². The second kappa shape index (κ2) is 3.91. The summed E-state index contributed by atoms with van der Waals surface area (Å²) in [7, 11) is 0. The van der Waals surface area contributed by atoms with Crippen molar-refractivity contribution in [3.05, 3.63) is 35.4 Å². The van der Waals surface area contributed by atoms with Gasteiger partial charge in [-0.2, -0.15) is 0 Å². The van der Waals surface area contributed by atoms with Crippen molar-refractivity contribution >= 4 is 5.78 Å². The Hall–Kier alpha value is -1.85. The van der Waals surface area contributed by atoms with E-state index >= 15 is 0 Å². The first-order valence-electron chi connectivity index (χ1n) is 7.29. The minimum atomic E-state index is -1.14. The zero-order valence-electron chi connectivity index (χ0n) is 11.3. The molecule has 2 aliphatic heterocycles. The highest BCUT2D eigenvalue weighted by atomic mass is 16.5. The Kier molecular flexibility index (Phi) is 2.45. The SMILES string of the molecule is C.O=C1C=C[C@@]2(O)[C@H]3Cc4ccc(O)c5c4[C@@]2(CCN3)[C@H]1O5.